The molecular weight excluding hydrogens is 178 g/mol. The molecule has 14 heavy (non-hydrogen) atoms. The van der Waals surface area contributed by atoms with Crippen molar-refractivity contribution in [2.75, 3.05) is 0 Å². The van der Waals surface area contributed by atoms with Crippen LogP contribution in [-0.2, 0) is 0 Å². The van der Waals surface area contributed by atoms with E-state index >= 15 is 0 Å². The molecule has 0 fully saturated rings. The Kier molecular flexibility index (Phi) is 2.27. The van der Waals surface area contributed by atoms with E-state index in [4.69, 9.17) is 0 Å². The van der Waals surface area contributed by atoms with Crippen LogP contribution in [0.1, 0.15) is 10.6 Å². The third-order valence-corrected chi connectivity index (χ3v) is 1.71. The lowest BCUT2D eigenvalue weighted by molar-refractivity contribution is 0.111. The van der Waals surface area contributed by atoms with Gasteiger partial charge in [0.05, 0.1) is 11.4 Å². The summed E-state index contributed by atoms with van der Waals surface area (Å²) in [5.41, 5.74) is 1.39. The summed E-state index contributed by atoms with van der Waals surface area (Å²) in [6.45, 7) is 0. The molecule has 2 rings (SSSR count). The predicted octanol–water partition coefficient (Wildman–Crippen LogP) is 1.35. The van der Waals surface area contributed by atoms with E-state index in [1.807, 2.05) is 18.2 Å². The molecule has 68 valence electrons. The number of rotatable bonds is 2. The Morgan fingerprint density at radius 3 is 2.64 bits per heavy atom. The fourth-order valence-electron chi connectivity index (χ4n) is 1.09. The molecule has 0 N–H and O–H groups in total. The zero-order valence-electron chi connectivity index (χ0n) is 7.29. The topological polar surface area (TPSA) is 55.7 Å². The normalized spacial score (nSPS) is 9.71. The molecule has 0 unspecified atom stereocenters. The zero-order valence-corrected chi connectivity index (χ0v) is 7.29. The van der Waals surface area contributed by atoms with Crippen molar-refractivity contribution in [3.05, 3.63) is 42.5 Å². The number of nitrogens with zero attached hydrogens (tertiary/aromatic N) is 3. The molecule has 0 saturated carbocycles. The second kappa shape index (κ2) is 3.74. The van der Waals surface area contributed by atoms with Crippen molar-refractivity contribution in [1.82, 2.24) is 15.0 Å². The Bertz CT molecular complexity index is 442. The van der Waals surface area contributed by atoms with Crippen LogP contribution in [0.4, 0.5) is 0 Å². The number of carbonyl (C=O) groups is 1. The molecule has 0 saturated heterocycles. The first kappa shape index (κ1) is 8.50. The van der Waals surface area contributed by atoms with Gasteiger partial charge < -0.3 is 0 Å². The second-order valence-corrected chi connectivity index (χ2v) is 2.63. The first-order chi connectivity index (χ1) is 6.90. The molecular formula is C10H7N3O. The van der Waals surface area contributed by atoms with Crippen molar-refractivity contribution in [3.8, 4) is 11.4 Å². The van der Waals surface area contributed by atoms with Gasteiger partial charge in [-0.1, -0.05) is 6.07 Å². The molecule has 0 aliphatic heterocycles. The third kappa shape index (κ3) is 1.64. The molecule has 4 heteroatoms. The molecule has 0 aliphatic rings. The van der Waals surface area contributed by atoms with Gasteiger partial charge in [-0.3, -0.25) is 9.78 Å². The van der Waals surface area contributed by atoms with E-state index in [2.05, 4.69) is 15.0 Å². The molecule has 0 aromatic carbocycles. The summed E-state index contributed by atoms with van der Waals surface area (Å²) >= 11 is 0. The Hall–Kier alpha value is -2.10. The molecule has 0 bridgehead atoms. The van der Waals surface area contributed by atoms with E-state index in [0.29, 0.717) is 12.0 Å². The lowest BCUT2D eigenvalue weighted by atomic mass is 10.2. The van der Waals surface area contributed by atoms with Gasteiger partial charge in [-0.25, -0.2) is 9.97 Å². The quantitative estimate of drug-likeness (QED) is 0.662. The highest BCUT2D eigenvalue weighted by Gasteiger charge is 2.00. The van der Waals surface area contributed by atoms with Crippen LogP contribution < -0.4 is 0 Å². The number of carbonyl (C=O) groups excluding carboxylic acids is 1. The van der Waals surface area contributed by atoms with E-state index in [1.165, 1.54) is 0 Å². The Morgan fingerprint density at radius 1 is 1.00 bits per heavy atom. The molecule has 0 amide bonds. The number of aldehydes is 1. The van der Waals surface area contributed by atoms with Gasteiger partial charge >= 0.3 is 0 Å². The summed E-state index contributed by atoms with van der Waals surface area (Å²) in [6.07, 6.45) is 3.84. The van der Waals surface area contributed by atoms with E-state index in [-0.39, 0.29) is 5.82 Å². The summed E-state index contributed by atoms with van der Waals surface area (Å²) in [6, 6.07) is 7.24. The molecule has 2 heterocycles. The molecule has 4 nitrogen and oxygen atoms in total. The standard InChI is InChI=1S/C10H7N3O/c14-7-10-12-6-4-9(13-10)8-3-1-2-5-11-8/h1-7H. The highest BCUT2D eigenvalue weighted by Crippen LogP contribution is 2.11. The maximum atomic E-state index is 10.4. The average molecular weight is 185 g/mol. The largest absolute Gasteiger partial charge is 0.294 e. The van der Waals surface area contributed by atoms with Crippen LogP contribution in [0.5, 0.6) is 0 Å². The summed E-state index contributed by atoms with van der Waals surface area (Å²) in [5, 5.41) is 0. The van der Waals surface area contributed by atoms with Crippen molar-refractivity contribution in [3.63, 3.8) is 0 Å². The van der Waals surface area contributed by atoms with Crippen molar-refractivity contribution in [2.45, 2.75) is 0 Å². The Morgan fingerprint density at radius 2 is 1.93 bits per heavy atom. The van der Waals surface area contributed by atoms with E-state index in [0.717, 1.165) is 5.69 Å². The monoisotopic (exact) mass is 185 g/mol. The van der Waals surface area contributed by atoms with Gasteiger partial charge in [-0.05, 0) is 18.2 Å². The van der Waals surface area contributed by atoms with Crippen LogP contribution in [-0.4, -0.2) is 21.2 Å². The van der Waals surface area contributed by atoms with E-state index in [9.17, 15) is 4.79 Å². The second-order valence-electron chi connectivity index (χ2n) is 2.63. The number of pyridine rings is 1. The van der Waals surface area contributed by atoms with E-state index < -0.39 is 0 Å². The molecule has 0 aliphatic carbocycles. The smallest absolute Gasteiger partial charge is 0.193 e. The van der Waals surface area contributed by atoms with Gasteiger partial charge in [0.1, 0.15) is 0 Å². The first-order valence-corrected chi connectivity index (χ1v) is 4.10. The molecule has 2 aromatic heterocycles. The van der Waals surface area contributed by atoms with Crippen LogP contribution in [0.25, 0.3) is 11.4 Å². The molecule has 0 atom stereocenters. The maximum Gasteiger partial charge on any atom is 0.193 e. The lowest BCUT2D eigenvalue weighted by Gasteiger charge is -1.98. The lowest BCUT2D eigenvalue weighted by Crippen LogP contribution is -1.94. The minimum absolute atomic E-state index is 0.174. The SMILES string of the molecule is O=Cc1nccc(-c2ccccn2)n1. The third-order valence-electron chi connectivity index (χ3n) is 1.71. The molecule has 0 radical (unpaired) electrons. The van der Waals surface area contributed by atoms with Crippen LogP contribution in [0.15, 0.2) is 36.7 Å². The van der Waals surface area contributed by atoms with Gasteiger partial charge in [0.2, 0.25) is 0 Å². The summed E-state index contributed by atoms with van der Waals surface area (Å²) < 4.78 is 0. The van der Waals surface area contributed by atoms with Crippen molar-refractivity contribution < 1.29 is 4.79 Å². The maximum absolute atomic E-state index is 10.4. The van der Waals surface area contributed by atoms with Gasteiger partial charge in [-0.15, -0.1) is 0 Å². The van der Waals surface area contributed by atoms with Crippen molar-refractivity contribution >= 4 is 6.29 Å². The van der Waals surface area contributed by atoms with Crippen LogP contribution in [0, 0.1) is 0 Å². The number of hydrogen-bond acceptors (Lipinski definition) is 4. The minimum atomic E-state index is 0.174. The van der Waals surface area contributed by atoms with Crippen molar-refractivity contribution in [2.24, 2.45) is 0 Å². The van der Waals surface area contributed by atoms with Gasteiger partial charge in [-0.2, -0.15) is 0 Å². The summed E-state index contributed by atoms with van der Waals surface area (Å²) in [5.74, 6) is 0.174. The number of hydrogen-bond donors (Lipinski definition) is 0. The summed E-state index contributed by atoms with van der Waals surface area (Å²) in [4.78, 5) is 22.4. The van der Waals surface area contributed by atoms with Gasteiger partial charge in [0.25, 0.3) is 0 Å². The van der Waals surface area contributed by atoms with Crippen molar-refractivity contribution in [1.29, 1.82) is 0 Å². The van der Waals surface area contributed by atoms with Gasteiger partial charge in [0, 0.05) is 12.4 Å². The highest BCUT2D eigenvalue weighted by molar-refractivity contribution is 5.70. The van der Waals surface area contributed by atoms with E-state index in [1.54, 1.807) is 18.5 Å². The molecule has 0 spiro atoms. The number of aromatic nitrogens is 3. The zero-order chi connectivity index (χ0) is 9.80. The fourth-order valence-corrected chi connectivity index (χ4v) is 1.09. The minimum Gasteiger partial charge on any atom is -0.294 e. The first-order valence-electron chi connectivity index (χ1n) is 4.10. The Labute approximate surface area is 80.7 Å². The average Bonchev–Trinajstić information content (AvgIpc) is 2.30. The fraction of sp³-hybridized carbons (Fsp3) is 0. The highest BCUT2D eigenvalue weighted by atomic mass is 16.1. The van der Waals surface area contributed by atoms with Crippen LogP contribution in [0.2, 0.25) is 0 Å². The molecule has 2 aromatic rings. The van der Waals surface area contributed by atoms with Crippen LogP contribution >= 0.6 is 0 Å². The Balaban J connectivity index is 2.47. The predicted molar refractivity (Wildman–Crippen MR) is 50.7 cm³/mol. The summed E-state index contributed by atoms with van der Waals surface area (Å²) in [7, 11) is 0. The van der Waals surface area contributed by atoms with Crippen LogP contribution in [0.3, 0.4) is 0 Å². The van der Waals surface area contributed by atoms with Gasteiger partial charge in [0.15, 0.2) is 12.1 Å².